The van der Waals surface area contributed by atoms with E-state index < -0.39 is 19.6 Å². The molecule has 0 amide bonds. The number of alkyl halides is 1. The molecule has 0 heterocycles. The quantitative estimate of drug-likeness (QED) is 0.857. The first-order chi connectivity index (χ1) is 7.72. The highest BCUT2D eigenvalue weighted by Crippen LogP contribution is 2.39. The minimum Gasteiger partial charge on any atom is -0.386 e. The van der Waals surface area contributed by atoms with Gasteiger partial charge in [-0.1, -0.05) is 46.6 Å². The molecule has 1 aromatic carbocycles. The van der Waals surface area contributed by atoms with E-state index in [0.29, 0.717) is 10.6 Å². The molecular weight excluding hydrogens is 328 g/mol. The fourth-order valence-electron chi connectivity index (χ4n) is 1.43. The number of hydrogen-bond acceptors (Lipinski definition) is 3. The molecule has 0 aromatic heterocycles. The van der Waals surface area contributed by atoms with Gasteiger partial charge in [0, 0.05) is 10.8 Å². The molecule has 0 saturated carbocycles. The number of benzene rings is 1. The van der Waals surface area contributed by atoms with Crippen LogP contribution >= 0.6 is 27.5 Å². The van der Waals surface area contributed by atoms with Gasteiger partial charge in [0.2, 0.25) is 0 Å². The molecule has 96 valence electrons. The molecule has 0 spiro atoms. The van der Waals surface area contributed by atoms with Crippen LogP contribution < -0.4 is 0 Å². The van der Waals surface area contributed by atoms with Crippen LogP contribution in [0.15, 0.2) is 24.3 Å². The second kappa shape index (κ2) is 5.26. The Balaban J connectivity index is 3.17. The summed E-state index contributed by atoms with van der Waals surface area (Å²) in [5.74, 6) is -0.0492. The van der Waals surface area contributed by atoms with Crippen molar-refractivity contribution >= 4 is 37.4 Å². The molecule has 0 aliphatic carbocycles. The highest BCUT2D eigenvalue weighted by atomic mass is 79.9. The van der Waals surface area contributed by atoms with Gasteiger partial charge in [0.05, 0.1) is 0 Å². The number of aliphatic hydroxyl groups excluding tert-OH is 1. The summed E-state index contributed by atoms with van der Waals surface area (Å²) in [6.45, 7) is 2.98. The predicted molar refractivity (Wildman–Crippen MR) is 73.2 cm³/mol. The summed E-state index contributed by atoms with van der Waals surface area (Å²) < 4.78 is 22.3. The van der Waals surface area contributed by atoms with Crippen LogP contribution in [0.3, 0.4) is 0 Å². The number of rotatable bonds is 4. The van der Waals surface area contributed by atoms with Crippen LogP contribution in [0.2, 0.25) is 5.02 Å². The molecule has 1 aromatic rings. The van der Waals surface area contributed by atoms with Gasteiger partial charge in [-0.25, -0.2) is 8.42 Å². The van der Waals surface area contributed by atoms with Crippen molar-refractivity contribution in [1.29, 1.82) is 0 Å². The molecule has 2 atom stereocenters. The van der Waals surface area contributed by atoms with Gasteiger partial charge in [0.15, 0.2) is 13.5 Å². The third-order valence-corrected chi connectivity index (χ3v) is 6.99. The molecule has 6 heteroatoms. The van der Waals surface area contributed by atoms with Crippen molar-refractivity contribution in [1.82, 2.24) is 0 Å². The third-order valence-electron chi connectivity index (χ3n) is 2.64. The van der Waals surface area contributed by atoms with Crippen LogP contribution in [0, 0.1) is 0 Å². The van der Waals surface area contributed by atoms with Gasteiger partial charge in [-0.3, -0.25) is 0 Å². The second-order valence-corrected chi connectivity index (χ2v) is 9.11. The molecule has 3 nitrogen and oxygen atoms in total. The second-order valence-electron chi connectivity index (χ2n) is 3.85. The SMILES string of the molecule is CCS(=O)(=O)[C@](C)(Br)[C@H](O)c1cccc(Cl)c1. The van der Waals surface area contributed by atoms with E-state index in [1.807, 2.05) is 0 Å². The Morgan fingerprint density at radius 1 is 1.53 bits per heavy atom. The average molecular weight is 342 g/mol. The number of halogens is 2. The fraction of sp³-hybridized carbons (Fsp3) is 0.455. The number of sulfone groups is 1. The third kappa shape index (κ3) is 3.02. The molecule has 1 rings (SSSR count). The Hall–Kier alpha value is -0.100. The van der Waals surface area contributed by atoms with Crippen LogP contribution in [0.4, 0.5) is 0 Å². The summed E-state index contributed by atoms with van der Waals surface area (Å²) in [5.41, 5.74) is 0.467. The first kappa shape index (κ1) is 15.0. The molecule has 0 unspecified atom stereocenters. The lowest BCUT2D eigenvalue weighted by molar-refractivity contribution is 0.167. The molecule has 0 aliphatic heterocycles. The molecule has 1 N–H and O–H groups in total. The van der Waals surface area contributed by atoms with E-state index in [9.17, 15) is 13.5 Å². The fourth-order valence-corrected chi connectivity index (χ4v) is 3.62. The van der Waals surface area contributed by atoms with Gasteiger partial charge in [-0.05, 0) is 24.6 Å². The van der Waals surface area contributed by atoms with Gasteiger partial charge in [0.25, 0.3) is 0 Å². The molecule has 0 fully saturated rings. The van der Waals surface area contributed by atoms with Crippen molar-refractivity contribution in [3.8, 4) is 0 Å². The van der Waals surface area contributed by atoms with Crippen LogP contribution in [0.25, 0.3) is 0 Å². The lowest BCUT2D eigenvalue weighted by Crippen LogP contribution is -2.36. The summed E-state index contributed by atoms with van der Waals surface area (Å²) in [5, 5.41) is 10.6. The minimum atomic E-state index is -3.43. The topological polar surface area (TPSA) is 54.4 Å². The molecule has 0 bridgehead atoms. The van der Waals surface area contributed by atoms with Crippen molar-refractivity contribution in [3.05, 3.63) is 34.9 Å². The Morgan fingerprint density at radius 2 is 2.12 bits per heavy atom. The van der Waals surface area contributed by atoms with Crippen LogP contribution in [-0.4, -0.2) is 22.9 Å². The van der Waals surface area contributed by atoms with Crippen molar-refractivity contribution in [2.24, 2.45) is 0 Å². The summed E-state index contributed by atoms with van der Waals surface area (Å²) in [6.07, 6.45) is -1.17. The molecule has 0 aliphatic rings. The summed E-state index contributed by atoms with van der Waals surface area (Å²) in [6, 6.07) is 6.53. The van der Waals surface area contributed by atoms with Gasteiger partial charge in [-0.2, -0.15) is 0 Å². The van der Waals surface area contributed by atoms with Gasteiger partial charge in [0.1, 0.15) is 6.10 Å². The van der Waals surface area contributed by atoms with E-state index in [4.69, 9.17) is 11.6 Å². The molecule has 17 heavy (non-hydrogen) atoms. The van der Waals surface area contributed by atoms with Crippen molar-refractivity contribution in [2.75, 3.05) is 5.75 Å². The zero-order chi connectivity index (χ0) is 13.3. The van der Waals surface area contributed by atoms with E-state index in [2.05, 4.69) is 15.9 Å². The molecule has 0 saturated heterocycles. The largest absolute Gasteiger partial charge is 0.386 e. The van der Waals surface area contributed by atoms with E-state index in [1.54, 1.807) is 31.2 Å². The van der Waals surface area contributed by atoms with Gasteiger partial charge in [-0.15, -0.1) is 0 Å². The van der Waals surface area contributed by atoms with Crippen molar-refractivity contribution in [2.45, 2.75) is 23.6 Å². The van der Waals surface area contributed by atoms with E-state index in [1.165, 1.54) is 6.92 Å². The summed E-state index contributed by atoms with van der Waals surface area (Å²) in [7, 11) is -3.43. The maximum Gasteiger partial charge on any atom is 0.168 e. The zero-order valence-corrected chi connectivity index (χ0v) is 12.7. The first-order valence-electron chi connectivity index (χ1n) is 5.07. The standard InChI is InChI=1S/C11H14BrClO3S/c1-3-17(15,16)11(2,12)10(14)8-5-4-6-9(13)7-8/h4-7,10,14H,3H2,1-2H3/t10-,11+/m1/s1. The monoisotopic (exact) mass is 340 g/mol. The van der Waals surface area contributed by atoms with E-state index in [-0.39, 0.29) is 5.75 Å². The lowest BCUT2D eigenvalue weighted by atomic mass is 10.1. The Bertz CT molecular complexity index is 499. The summed E-state index contributed by atoms with van der Waals surface area (Å²) in [4.78, 5) is 0. The Morgan fingerprint density at radius 3 is 2.59 bits per heavy atom. The van der Waals surface area contributed by atoms with Crippen molar-refractivity contribution in [3.63, 3.8) is 0 Å². The first-order valence-corrected chi connectivity index (χ1v) is 7.89. The normalized spacial score (nSPS) is 17.5. The van der Waals surface area contributed by atoms with Gasteiger partial charge < -0.3 is 5.11 Å². The number of aliphatic hydroxyl groups is 1. The molecular formula is C11H14BrClO3S. The minimum absolute atomic E-state index is 0.0492. The molecule has 0 radical (unpaired) electrons. The van der Waals surface area contributed by atoms with E-state index in [0.717, 1.165) is 0 Å². The lowest BCUT2D eigenvalue weighted by Gasteiger charge is -2.28. The Labute approximate surface area is 115 Å². The maximum absolute atomic E-state index is 11.9. The van der Waals surface area contributed by atoms with E-state index >= 15 is 0 Å². The maximum atomic E-state index is 11.9. The smallest absolute Gasteiger partial charge is 0.168 e. The predicted octanol–water partition coefficient (Wildman–Crippen LogP) is 2.92. The summed E-state index contributed by atoms with van der Waals surface area (Å²) >= 11 is 8.92. The van der Waals surface area contributed by atoms with Crippen LogP contribution in [0.5, 0.6) is 0 Å². The van der Waals surface area contributed by atoms with Crippen molar-refractivity contribution < 1.29 is 13.5 Å². The highest BCUT2D eigenvalue weighted by molar-refractivity contribution is 9.11. The van der Waals surface area contributed by atoms with Gasteiger partial charge >= 0.3 is 0 Å². The Kier molecular flexibility index (Phi) is 4.63. The van der Waals surface area contributed by atoms with Crippen LogP contribution in [0.1, 0.15) is 25.5 Å². The highest BCUT2D eigenvalue weighted by Gasteiger charge is 2.42. The average Bonchev–Trinajstić information content (AvgIpc) is 2.27. The van der Waals surface area contributed by atoms with Crippen LogP contribution in [-0.2, 0) is 9.84 Å². The number of hydrogen-bond donors (Lipinski definition) is 1. The zero-order valence-electron chi connectivity index (χ0n) is 9.52.